The Morgan fingerprint density at radius 3 is 2.37 bits per heavy atom. The van der Waals surface area contributed by atoms with Gasteiger partial charge in [0.05, 0.1) is 5.56 Å². The van der Waals surface area contributed by atoms with Crippen LogP contribution in [0.2, 0.25) is 0 Å². The zero-order chi connectivity index (χ0) is 13.8. The number of carboxylic acid groups (broad SMARTS) is 1. The van der Waals surface area contributed by atoms with Crippen LogP contribution in [0, 0.1) is 17.3 Å². The van der Waals surface area contributed by atoms with Crippen LogP contribution in [0.15, 0.2) is 24.3 Å². The van der Waals surface area contributed by atoms with E-state index in [9.17, 15) is 9.59 Å². The molecule has 2 fully saturated rings. The van der Waals surface area contributed by atoms with Gasteiger partial charge in [0.1, 0.15) is 0 Å². The van der Waals surface area contributed by atoms with Crippen molar-refractivity contribution in [1.29, 1.82) is 0 Å². The van der Waals surface area contributed by atoms with Crippen molar-refractivity contribution < 1.29 is 14.7 Å². The molecule has 0 spiro atoms. The average molecular weight is 259 g/mol. The highest BCUT2D eigenvalue weighted by Gasteiger charge is 2.62. The quantitative estimate of drug-likeness (QED) is 0.885. The van der Waals surface area contributed by atoms with Gasteiger partial charge < -0.3 is 10.0 Å². The molecule has 3 rings (SSSR count). The van der Waals surface area contributed by atoms with Gasteiger partial charge in [-0.3, -0.25) is 4.79 Å². The lowest BCUT2D eigenvalue weighted by Crippen LogP contribution is -2.32. The van der Waals surface area contributed by atoms with Crippen LogP contribution in [-0.2, 0) is 0 Å². The molecule has 4 nitrogen and oxygen atoms in total. The number of carbonyl (C=O) groups is 2. The molecular weight excluding hydrogens is 242 g/mol. The van der Waals surface area contributed by atoms with Crippen LogP contribution in [0.25, 0.3) is 0 Å². The summed E-state index contributed by atoms with van der Waals surface area (Å²) in [5.74, 6) is 0.171. The number of rotatable bonds is 2. The minimum atomic E-state index is -1.000. The van der Waals surface area contributed by atoms with Gasteiger partial charge in [-0.05, 0) is 35.4 Å². The van der Waals surface area contributed by atoms with E-state index >= 15 is 0 Å². The van der Waals surface area contributed by atoms with Crippen molar-refractivity contribution in [2.24, 2.45) is 17.3 Å². The Hall–Kier alpha value is -1.84. The molecule has 19 heavy (non-hydrogen) atoms. The first-order valence-electron chi connectivity index (χ1n) is 6.54. The molecule has 1 saturated heterocycles. The van der Waals surface area contributed by atoms with Gasteiger partial charge in [-0.2, -0.15) is 0 Å². The normalized spacial score (nSPS) is 26.9. The van der Waals surface area contributed by atoms with E-state index in [-0.39, 0.29) is 11.5 Å². The number of hydrogen-bond donors (Lipinski definition) is 1. The van der Waals surface area contributed by atoms with Crippen molar-refractivity contribution in [3.05, 3.63) is 35.4 Å². The monoisotopic (exact) mass is 259 g/mol. The summed E-state index contributed by atoms with van der Waals surface area (Å²) in [6.45, 7) is 6.09. The van der Waals surface area contributed by atoms with Crippen LogP contribution >= 0.6 is 0 Å². The minimum absolute atomic E-state index is 0.0499. The molecule has 1 heterocycles. The average Bonchev–Trinajstić information content (AvgIpc) is 2.79. The second-order valence-corrected chi connectivity index (χ2v) is 6.13. The summed E-state index contributed by atoms with van der Waals surface area (Å²) in [5.41, 5.74) is 1.01. The number of benzene rings is 1. The van der Waals surface area contributed by atoms with E-state index in [1.165, 1.54) is 12.1 Å². The Labute approximate surface area is 112 Å². The van der Waals surface area contributed by atoms with Crippen LogP contribution in [-0.4, -0.2) is 35.0 Å². The molecule has 0 radical (unpaired) electrons. The van der Waals surface area contributed by atoms with Crippen molar-refractivity contribution in [1.82, 2.24) is 4.90 Å². The van der Waals surface area contributed by atoms with Crippen molar-refractivity contribution in [2.45, 2.75) is 13.8 Å². The van der Waals surface area contributed by atoms with E-state index in [4.69, 9.17) is 5.11 Å². The molecule has 2 atom stereocenters. The molecule has 1 aromatic carbocycles. The standard InChI is InChI=1S/C15H17NO3/c1-15(2)11-7-16(8-12(11)15)13(17)9-4-3-5-10(6-9)14(18)19/h3-6,11-12H,7-8H2,1-2H3,(H,18,19)/t11-,12-/m1/s1. The Morgan fingerprint density at radius 2 is 1.79 bits per heavy atom. The lowest BCUT2D eigenvalue weighted by molar-refractivity contribution is 0.0697. The van der Waals surface area contributed by atoms with E-state index in [0.29, 0.717) is 22.8 Å². The number of amides is 1. The molecule has 4 heteroatoms. The molecule has 0 unspecified atom stereocenters. The maximum atomic E-state index is 12.3. The van der Waals surface area contributed by atoms with Crippen molar-refractivity contribution in [3.8, 4) is 0 Å². The van der Waals surface area contributed by atoms with Crippen LogP contribution in [0.4, 0.5) is 0 Å². The number of hydrogen-bond acceptors (Lipinski definition) is 2. The molecular formula is C15H17NO3. The van der Waals surface area contributed by atoms with Gasteiger partial charge in [-0.15, -0.1) is 0 Å². The molecule has 1 amide bonds. The zero-order valence-corrected chi connectivity index (χ0v) is 11.1. The summed E-state index contributed by atoms with van der Waals surface area (Å²) in [6, 6.07) is 6.27. The topological polar surface area (TPSA) is 57.6 Å². The highest BCUT2D eigenvalue weighted by Crippen LogP contribution is 2.62. The highest BCUT2D eigenvalue weighted by molar-refractivity contribution is 5.97. The number of carbonyl (C=O) groups excluding carboxylic acids is 1. The summed E-state index contributed by atoms with van der Waals surface area (Å²) in [4.78, 5) is 25.1. The molecule has 100 valence electrons. The van der Waals surface area contributed by atoms with Gasteiger partial charge in [0.2, 0.25) is 0 Å². The highest BCUT2D eigenvalue weighted by atomic mass is 16.4. The van der Waals surface area contributed by atoms with Gasteiger partial charge in [-0.1, -0.05) is 19.9 Å². The molecule has 2 aliphatic rings. The molecule has 1 N–H and O–H groups in total. The summed E-state index contributed by atoms with van der Waals surface area (Å²) in [5, 5.41) is 8.95. The Balaban J connectivity index is 1.75. The fourth-order valence-corrected chi connectivity index (χ4v) is 3.27. The van der Waals surface area contributed by atoms with Crippen LogP contribution in [0.1, 0.15) is 34.6 Å². The number of carboxylic acids is 1. The summed E-state index contributed by atoms with van der Waals surface area (Å²) in [7, 11) is 0. The smallest absolute Gasteiger partial charge is 0.335 e. The van der Waals surface area contributed by atoms with Crippen molar-refractivity contribution >= 4 is 11.9 Å². The van der Waals surface area contributed by atoms with Crippen molar-refractivity contribution in [3.63, 3.8) is 0 Å². The Bertz CT molecular complexity index is 550. The van der Waals surface area contributed by atoms with Crippen LogP contribution < -0.4 is 0 Å². The Morgan fingerprint density at radius 1 is 1.21 bits per heavy atom. The van der Waals surface area contributed by atoms with E-state index in [1.54, 1.807) is 12.1 Å². The molecule has 1 aliphatic carbocycles. The van der Waals surface area contributed by atoms with Gasteiger partial charge in [-0.25, -0.2) is 4.79 Å². The number of aromatic carboxylic acids is 1. The summed E-state index contributed by atoms with van der Waals surface area (Å²) >= 11 is 0. The first-order chi connectivity index (χ1) is 8.91. The largest absolute Gasteiger partial charge is 0.478 e. The third-order valence-corrected chi connectivity index (χ3v) is 4.77. The number of likely N-dealkylation sites (tertiary alicyclic amines) is 1. The first-order valence-corrected chi connectivity index (χ1v) is 6.54. The second kappa shape index (κ2) is 3.83. The van der Waals surface area contributed by atoms with E-state index < -0.39 is 5.97 Å². The lowest BCUT2D eigenvalue weighted by atomic mass is 10.1. The molecule has 1 saturated carbocycles. The van der Waals surface area contributed by atoms with Crippen molar-refractivity contribution in [2.75, 3.05) is 13.1 Å². The third-order valence-electron chi connectivity index (χ3n) is 4.77. The van der Waals surface area contributed by atoms with Gasteiger partial charge in [0.25, 0.3) is 5.91 Å². The molecule has 1 aromatic rings. The maximum absolute atomic E-state index is 12.3. The predicted molar refractivity (Wildman–Crippen MR) is 70.1 cm³/mol. The lowest BCUT2D eigenvalue weighted by Gasteiger charge is -2.22. The van der Waals surface area contributed by atoms with Gasteiger partial charge in [0, 0.05) is 18.7 Å². The SMILES string of the molecule is CC1(C)[C@@H]2CN(C(=O)c3cccc(C(=O)O)c3)C[C@H]21. The fraction of sp³-hybridized carbons (Fsp3) is 0.467. The summed E-state index contributed by atoms with van der Waals surface area (Å²) in [6.07, 6.45) is 0. The summed E-state index contributed by atoms with van der Waals surface area (Å²) < 4.78 is 0. The second-order valence-electron chi connectivity index (χ2n) is 6.13. The van der Waals surface area contributed by atoms with E-state index in [0.717, 1.165) is 13.1 Å². The van der Waals surface area contributed by atoms with E-state index in [1.807, 2.05) is 4.90 Å². The molecule has 0 aromatic heterocycles. The number of nitrogens with zero attached hydrogens (tertiary/aromatic N) is 1. The third kappa shape index (κ3) is 1.82. The van der Waals surface area contributed by atoms with Crippen LogP contribution in [0.3, 0.4) is 0 Å². The van der Waals surface area contributed by atoms with Gasteiger partial charge >= 0.3 is 5.97 Å². The fourth-order valence-electron chi connectivity index (χ4n) is 3.27. The molecule has 1 aliphatic heterocycles. The van der Waals surface area contributed by atoms with Crippen LogP contribution in [0.5, 0.6) is 0 Å². The van der Waals surface area contributed by atoms with Gasteiger partial charge in [0.15, 0.2) is 0 Å². The zero-order valence-electron chi connectivity index (χ0n) is 11.1. The maximum Gasteiger partial charge on any atom is 0.335 e. The molecule has 0 bridgehead atoms. The first kappa shape index (κ1) is 12.2. The number of piperidine rings is 1. The number of fused-ring (bicyclic) bond motifs is 1. The Kier molecular flexibility index (Phi) is 2.46. The van der Waals surface area contributed by atoms with E-state index in [2.05, 4.69) is 13.8 Å². The minimum Gasteiger partial charge on any atom is -0.478 e. The predicted octanol–water partition coefficient (Wildman–Crippen LogP) is 2.11.